The highest BCUT2D eigenvalue weighted by Crippen LogP contribution is 2.52. The van der Waals surface area contributed by atoms with Crippen molar-refractivity contribution >= 4 is 99.2 Å². The first-order valence-corrected chi connectivity index (χ1v) is 38.4. The number of benzene rings is 6. The van der Waals surface area contributed by atoms with Crippen LogP contribution >= 0.6 is 14.3 Å². The highest BCUT2D eigenvalue weighted by atomic mass is 31.2. The van der Waals surface area contributed by atoms with Crippen molar-refractivity contribution in [3.05, 3.63) is 133 Å². The Bertz CT molecular complexity index is 2270. The Morgan fingerprint density at radius 3 is 0.733 bits per heavy atom. The van der Waals surface area contributed by atoms with E-state index in [2.05, 4.69) is 176 Å². The molecule has 0 saturated carbocycles. The molecule has 0 bridgehead atoms. The van der Waals surface area contributed by atoms with Crippen LogP contribution in [0.2, 0.25) is 78.6 Å². The molecule has 0 N–H and O–H groups in total. The van der Waals surface area contributed by atoms with Gasteiger partial charge in [0.05, 0.1) is 46.5 Å². The summed E-state index contributed by atoms with van der Waals surface area (Å²) in [4.78, 5) is 0. The van der Waals surface area contributed by atoms with Crippen LogP contribution in [0.3, 0.4) is 0 Å². The minimum atomic E-state index is -3.65. The van der Waals surface area contributed by atoms with Crippen LogP contribution in [0, 0.1) is 0 Å². The van der Waals surface area contributed by atoms with E-state index in [-0.39, 0.29) is 0 Å². The van der Waals surface area contributed by atoms with Crippen molar-refractivity contribution in [2.75, 3.05) is 14.2 Å². The molecule has 0 heterocycles. The molecule has 314 valence electrons. The largest absolute Gasteiger partial charge is 0.496 e. The first-order valence-electron chi connectivity index (χ1n) is 21.0. The van der Waals surface area contributed by atoms with E-state index >= 15 is 9.13 Å². The zero-order chi connectivity index (χ0) is 44.1. The van der Waals surface area contributed by atoms with Gasteiger partial charge < -0.3 is 18.6 Å². The van der Waals surface area contributed by atoms with Crippen LogP contribution in [0.4, 0.5) is 0 Å². The average molecular weight is 903 g/mol. The maximum atomic E-state index is 16.8. The SMILES string of the molecule is COc1cccc(P(=O)(c2ccc([Si](C)(C)C)cc2)c2ccc([Si](C)(C)C)cc2)c1-c1c(OC)cccc1P(=O)(c1ccc([Si](C)(C)C)cc1)c1ccc([Si](C)(C)C)cc1. The molecule has 60 heavy (non-hydrogen) atoms. The monoisotopic (exact) mass is 902 g/mol. The summed E-state index contributed by atoms with van der Waals surface area (Å²) in [6, 6.07) is 45.5. The van der Waals surface area contributed by atoms with Gasteiger partial charge in [-0.15, -0.1) is 0 Å². The minimum absolute atomic E-state index is 0.533. The van der Waals surface area contributed by atoms with Crippen molar-refractivity contribution in [3.63, 3.8) is 0 Å². The van der Waals surface area contributed by atoms with Crippen LogP contribution in [0.15, 0.2) is 133 Å². The lowest BCUT2D eigenvalue weighted by Gasteiger charge is -2.29. The van der Waals surface area contributed by atoms with E-state index in [9.17, 15) is 0 Å². The third-order valence-electron chi connectivity index (χ3n) is 11.8. The summed E-state index contributed by atoms with van der Waals surface area (Å²) >= 11 is 0. The molecular formula is C50H64O4P2Si4. The second kappa shape index (κ2) is 16.8. The molecule has 0 aromatic heterocycles. The molecule has 0 saturated heterocycles. The van der Waals surface area contributed by atoms with Gasteiger partial charge in [0.1, 0.15) is 11.5 Å². The zero-order valence-electron chi connectivity index (χ0n) is 38.2. The van der Waals surface area contributed by atoms with E-state index < -0.39 is 46.6 Å². The quantitative estimate of drug-likeness (QED) is 0.0860. The van der Waals surface area contributed by atoms with E-state index in [0.29, 0.717) is 33.2 Å². The van der Waals surface area contributed by atoms with E-state index in [1.165, 1.54) is 20.7 Å². The van der Waals surface area contributed by atoms with Crippen LogP contribution in [-0.4, -0.2) is 46.5 Å². The normalized spacial score (nSPS) is 13.0. The summed E-state index contributed by atoms with van der Waals surface area (Å²) < 4.78 is 46.2. The predicted molar refractivity (Wildman–Crippen MR) is 276 cm³/mol. The molecule has 6 aromatic rings. The smallest absolute Gasteiger partial charge is 0.171 e. The molecule has 0 aliphatic heterocycles. The molecule has 10 heteroatoms. The fourth-order valence-electron chi connectivity index (χ4n) is 7.95. The summed E-state index contributed by atoms with van der Waals surface area (Å²) in [5, 5.41) is 9.37. The second-order valence-electron chi connectivity index (χ2n) is 20.1. The Morgan fingerprint density at radius 1 is 0.333 bits per heavy atom. The van der Waals surface area contributed by atoms with E-state index in [4.69, 9.17) is 9.47 Å². The minimum Gasteiger partial charge on any atom is -0.496 e. The van der Waals surface area contributed by atoms with Gasteiger partial charge in [0, 0.05) is 43.0 Å². The fraction of sp³-hybridized carbons (Fsp3) is 0.280. The van der Waals surface area contributed by atoms with Gasteiger partial charge >= 0.3 is 0 Å². The van der Waals surface area contributed by atoms with Crippen molar-refractivity contribution in [2.24, 2.45) is 0 Å². The molecule has 0 radical (unpaired) electrons. The molecular weight excluding hydrogens is 839 g/mol. The van der Waals surface area contributed by atoms with Gasteiger partial charge in [0.2, 0.25) is 0 Å². The topological polar surface area (TPSA) is 52.6 Å². The highest BCUT2D eigenvalue weighted by molar-refractivity contribution is 7.86. The maximum Gasteiger partial charge on any atom is 0.171 e. The third-order valence-corrected chi connectivity index (χ3v) is 26.2. The van der Waals surface area contributed by atoms with E-state index in [1.807, 2.05) is 36.4 Å². The van der Waals surface area contributed by atoms with Gasteiger partial charge in [0.25, 0.3) is 0 Å². The summed E-state index contributed by atoms with van der Waals surface area (Å²) in [7, 11) is -10.6. The van der Waals surface area contributed by atoms with E-state index in [1.54, 1.807) is 14.2 Å². The summed E-state index contributed by atoms with van der Waals surface area (Å²) in [6.07, 6.45) is 0. The summed E-state index contributed by atoms with van der Waals surface area (Å²) in [6.45, 7) is 27.9. The molecule has 0 atom stereocenters. The van der Waals surface area contributed by atoms with Crippen molar-refractivity contribution in [2.45, 2.75) is 78.6 Å². The molecule has 0 spiro atoms. The van der Waals surface area contributed by atoms with Gasteiger partial charge in [-0.3, -0.25) is 0 Å². The average Bonchev–Trinajstić information content (AvgIpc) is 3.21. The summed E-state index contributed by atoms with van der Waals surface area (Å²) in [5.41, 5.74) is 1.24. The standard InChI is InChI=1S/C50H64O4P2Si4/c1-53-45-17-15-19-47(55(51,37-21-29-41(30-22-37)57(3,4)5)38-23-31-42(32-24-38)58(6,7)8)49(45)50-46(54-2)18-16-20-48(50)56(52,39-25-33-43(34-26-39)59(9,10)11)40-27-35-44(36-28-40)60(12,13)14/h15-36H,1-14H3. The van der Waals surface area contributed by atoms with Gasteiger partial charge in [-0.1, -0.05) is 209 Å². The van der Waals surface area contributed by atoms with Crippen molar-refractivity contribution in [3.8, 4) is 22.6 Å². The van der Waals surface area contributed by atoms with Crippen molar-refractivity contribution < 1.29 is 18.6 Å². The molecule has 0 fully saturated rings. The van der Waals surface area contributed by atoms with Gasteiger partial charge in [-0.2, -0.15) is 0 Å². The molecule has 6 aromatic carbocycles. The first-order chi connectivity index (χ1) is 27.9. The number of rotatable bonds is 13. The zero-order valence-corrected chi connectivity index (χ0v) is 44.0. The van der Waals surface area contributed by atoms with Crippen LogP contribution in [0.1, 0.15) is 0 Å². The Kier molecular flexibility index (Phi) is 12.8. The Balaban J connectivity index is 1.75. The van der Waals surface area contributed by atoms with Crippen molar-refractivity contribution in [1.82, 2.24) is 0 Å². The lowest BCUT2D eigenvalue weighted by molar-refractivity contribution is 0.411. The van der Waals surface area contributed by atoms with Crippen LogP contribution < -0.4 is 62.0 Å². The van der Waals surface area contributed by atoms with Crippen LogP contribution in [0.25, 0.3) is 11.1 Å². The first kappa shape index (κ1) is 45.8. The molecule has 0 aliphatic rings. The molecule has 0 amide bonds. The lowest BCUT2D eigenvalue weighted by Crippen LogP contribution is -2.39. The molecule has 0 unspecified atom stereocenters. The summed E-state index contributed by atoms with van der Waals surface area (Å²) in [5.74, 6) is 1.07. The van der Waals surface area contributed by atoms with Gasteiger partial charge in [0.15, 0.2) is 14.3 Å². The highest BCUT2D eigenvalue weighted by Gasteiger charge is 2.40. The third kappa shape index (κ3) is 8.79. The molecule has 6 rings (SSSR count). The maximum absolute atomic E-state index is 16.8. The number of hydrogen-bond donors (Lipinski definition) is 0. The van der Waals surface area contributed by atoms with Gasteiger partial charge in [-0.25, -0.2) is 0 Å². The number of methoxy groups -OCH3 is 2. The van der Waals surface area contributed by atoms with E-state index in [0.717, 1.165) is 21.2 Å². The number of ether oxygens (including phenoxy) is 2. The van der Waals surface area contributed by atoms with Gasteiger partial charge in [-0.05, 0) is 24.3 Å². The number of hydrogen-bond acceptors (Lipinski definition) is 4. The van der Waals surface area contributed by atoms with Crippen molar-refractivity contribution in [1.29, 1.82) is 0 Å². The lowest BCUT2D eigenvalue weighted by atomic mass is 10.0. The Morgan fingerprint density at radius 2 is 0.550 bits per heavy atom. The van der Waals surface area contributed by atoms with Crippen LogP contribution in [0.5, 0.6) is 11.5 Å². The predicted octanol–water partition coefficient (Wildman–Crippen LogP) is 8.83. The molecule has 4 nitrogen and oxygen atoms in total. The second-order valence-corrected chi connectivity index (χ2v) is 45.9. The Labute approximate surface area is 364 Å². The fourth-order valence-corrected chi connectivity index (χ4v) is 18.3. The Hall–Kier alpha value is -3.75. The molecule has 0 aliphatic carbocycles. The van der Waals surface area contributed by atoms with Crippen LogP contribution in [-0.2, 0) is 9.13 Å².